The zero-order valence-corrected chi connectivity index (χ0v) is 12.5. The smallest absolute Gasteiger partial charge is 0.0595 e. The van der Waals surface area contributed by atoms with Crippen molar-refractivity contribution in [3.8, 4) is 0 Å². The maximum Gasteiger partial charge on any atom is 0.0595 e. The quantitative estimate of drug-likeness (QED) is 0.881. The van der Waals surface area contributed by atoms with Crippen molar-refractivity contribution in [1.82, 2.24) is 0 Å². The second-order valence-corrected chi connectivity index (χ2v) is 5.36. The summed E-state index contributed by atoms with van der Waals surface area (Å²) in [5, 5.41) is 4.54. The van der Waals surface area contributed by atoms with E-state index in [2.05, 4.69) is 22.3 Å². The van der Waals surface area contributed by atoms with E-state index in [0.29, 0.717) is 16.6 Å². The standard InChI is InChI=1S/C15H16Cl2N2/c1-19(2)13-5-3-4-12(9-13)18-10-11-6-7-14(16)15(17)8-11/h3-9,18H,10H2,1-2H3. The molecule has 0 radical (unpaired) electrons. The van der Waals surface area contributed by atoms with Crippen LogP contribution in [0.2, 0.25) is 10.0 Å². The van der Waals surface area contributed by atoms with Crippen LogP contribution in [0.25, 0.3) is 0 Å². The molecule has 0 aromatic heterocycles. The van der Waals surface area contributed by atoms with E-state index in [4.69, 9.17) is 23.2 Å². The first-order valence-electron chi connectivity index (χ1n) is 6.01. The largest absolute Gasteiger partial charge is 0.381 e. The molecule has 100 valence electrons. The molecule has 0 spiro atoms. The minimum Gasteiger partial charge on any atom is -0.381 e. The third kappa shape index (κ3) is 3.79. The maximum atomic E-state index is 6.00. The molecule has 0 aliphatic rings. The van der Waals surface area contributed by atoms with Gasteiger partial charge in [-0.2, -0.15) is 0 Å². The molecule has 2 rings (SSSR count). The number of hydrogen-bond donors (Lipinski definition) is 1. The Bertz CT molecular complexity index is 568. The molecule has 0 aliphatic heterocycles. The normalized spacial score (nSPS) is 10.3. The molecule has 0 fully saturated rings. The summed E-state index contributed by atoms with van der Waals surface area (Å²) in [5.74, 6) is 0. The summed E-state index contributed by atoms with van der Waals surface area (Å²) in [5.41, 5.74) is 3.35. The van der Waals surface area contributed by atoms with Crippen molar-refractivity contribution < 1.29 is 0 Å². The Kier molecular flexibility index (Phi) is 4.56. The lowest BCUT2D eigenvalue weighted by atomic mass is 10.2. The third-order valence-corrected chi connectivity index (χ3v) is 3.58. The number of halogens is 2. The van der Waals surface area contributed by atoms with Gasteiger partial charge >= 0.3 is 0 Å². The summed E-state index contributed by atoms with van der Waals surface area (Å²) in [6.07, 6.45) is 0. The average Bonchev–Trinajstić information content (AvgIpc) is 2.40. The van der Waals surface area contributed by atoms with E-state index in [1.54, 1.807) is 0 Å². The zero-order chi connectivity index (χ0) is 13.8. The minimum atomic E-state index is 0.583. The van der Waals surface area contributed by atoms with Crippen LogP contribution < -0.4 is 10.2 Å². The van der Waals surface area contributed by atoms with E-state index >= 15 is 0 Å². The van der Waals surface area contributed by atoms with E-state index in [9.17, 15) is 0 Å². The van der Waals surface area contributed by atoms with Crippen LogP contribution in [0.3, 0.4) is 0 Å². The Morgan fingerprint density at radius 3 is 2.47 bits per heavy atom. The molecular formula is C15H16Cl2N2. The molecule has 19 heavy (non-hydrogen) atoms. The second-order valence-electron chi connectivity index (χ2n) is 4.55. The van der Waals surface area contributed by atoms with Crippen LogP contribution in [0.15, 0.2) is 42.5 Å². The summed E-state index contributed by atoms with van der Waals surface area (Å²) in [6.45, 7) is 0.716. The molecule has 2 aromatic rings. The van der Waals surface area contributed by atoms with Crippen LogP contribution in [0.1, 0.15) is 5.56 Å². The highest BCUT2D eigenvalue weighted by molar-refractivity contribution is 6.42. The number of anilines is 2. The predicted molar refractivity (Wildman–Crippen MR) is 84.6 cm³/mol. The molecular weight excluding hydrogens is 279 g/mol. The molecule has 0 saturated heterocycles. The van der Waals surface area contributed by atoms with Crippen LogP contribution in [0.5, 0.6) is 0 Å². The summed E-state index contributed by atoms with van der Waals surface area (Å²) in [7, 11) is 4.05. The summed E-state index contributed by atoms with van der Waals surface area (Å²) >= 11 is 11.9. The lowest BCUT2D eigenvalue weighted by molar-refractivity contribution is 1.12. The highest BCUT2D eigenvalue weighted by Gasteiger charge is 2.01. The van der Waals surface area contributed by atoms with Gasteiger partial charge in [0.15, 0.2) is 0 Å². The third-order valence-electron chi connectivity index (χ3n) is 2.84. The molecule has 1 N–H and O–H groups in total. The molecule has 4 heteroatoms. The number of nitrogens with zero attached hydrogens (tertiary/aromatic N) is 1. The first-order valence-corrected chi connectivity index (χ1v) is 6.77. The van der Waals surface area contributed by atoms with Gasteiger partial charge in [-0.1, -0.05) is 35.3 Å². The maximum absolute atomic E-state index is 6.00. The predicted octanol–water partition coefficient (Wildman–Crippen LogP) is 4.67. The van der Waals surface area contributed by atoms with Crippen molar-refractivity contribution in [2.75, 3.05) is 24.3 Å². The van der Waals surface area contributed by atoms with Crippen LogP contribution in [-0.2, 0) is 6.54 Å². The first kappa shape index (κ1) is 14.0. The van der Waals surface area contributed by atoms with Gasteiger partial charge in [0.1, 0.15) is 0 Å². The number of rotatable bonds is 4. The zero-order valence-electron chi connectivity index (χ0n) is 11.0. The second kappa shape index (κ2) is 6.18. The SMILES string of the molecule is CN(C)c1cccc(NCc2ccc(Cl)c(Cl)c2)c1. The van der Waals surface area contributed by atoms with E-state index in [0.717, 1.165) is 11.3 Å². The summed E-state index contributed by atoms with van der Waals surface area (Å²) in [4.78, 5) is 2.07. The van der Waals surface area contributed by atoms with Gasteiger partial charge in [0, 0.05) is 32.0 Å². The van der Waals surface area contributed by atoms with Gasteiger partial charge in [-0.15, -0.1) is 0 Å². The molecule has 0 atom stereocenters. The fraction of sp³-hybridized carbons (Fsp3) is 0.200. The van der Waals surface area contributed by atoms with Gasteiger partial charge in [-0.3, -0.25) is 0 Å². The molecule has 0 bridgehead atoms. The Labute approximate surface area is 123 Å². The summed E-state index contributed by atoms with van der Waals surface area (Å²) in [6, 6.07) is 13.9. The van der Waals surface area contributed by atoms with Crippen molar-refractivity contribution in [3.63, 3.8) is 0 Å². The molecule has 0 aliphatic carbocycles. The van der Waals surface area contributed by atoms with Crippen molar-refractivity contribution in [2.24, 2.45) is 0 Å². The molecule has 2 nitrogen and oxygen atoms in total. The first-order chi connectivity index (χ1) is 9.06. The highest BCUT2D eigenvalue weighted by Crippen LogP contribution is 2.23. The van der Waals surface area contributed by atoms with Gasteiger partial charge in [0.2, 0.25) is 0 Å². The fourth-order valence-corrected chi connectivity index (χ4v) is 2.07. The summed E-state index contributed by atoms with van der Waals surface area (Å²) < 4.78 is 0. The number of benzene rings is 2. The van der Waals surface area contributed by atoms with E-state index < -0.39 is 0 Å². The van der Waals surface area contributed by atoms with E-state index in [-0.39, 0.29) is 0 Å². The van der Waals surface area contributed by atoms with Gasteiger partial charge in [-0.25, -0.2) is 0 Å². The lowest BCUT2D eigenvalue weighted by Gasteiger charge is -2.14. The fourth-order valence-electron chi connectivity index (χ4n) is 1.75. The van der Waals surface area contributed by atoms with Gasteiger partial charge in [0.05, 0.1) is 10.0 Å². The van der Waals surface area contributed by atoms with Crippen LogP contribution in [0.4, 0.5) is 11.4 Å². The lowest BCUT2D eigenvalue weighted by Crippen LogP contribution is -2.09. The molecule has 0 unspecified atom stereocenters. The van der Waals surface area contributed by atoms with E-state index in [1.165, 1.54) is 5.69 Å². The highest BCUT2D eigenvalue weighted by atomic mass is 35.5. The van der Waals surface area contributed by atoms with Crippen molar-refractivity contribution in [2.45, 2.75) is 6.54 Å². The minimum absolute atomic E-state index is 0.583. The van der Waals surface area contributed by atoms with Crippen molar-refractivity contribution in [1.29, 1.82) is 0 Å². The Morgan fingerprint density at radius 2 is 1.79 bits per heavy atom. The topological polar surface area (TPSA) is 15.3 Å². The Hall–Kier alpha value is -1.38. The number of hydrogen-bond acceptors (Lipinski definition) is 2. The Morgan fingerprint density at radius 1 is 1.00 bits per heavy atom. The van der Waals surface area contributed by atoms with E-state index in [1.807, 2.05) is 44.4 Å². The van der Waals surface area contributed by atoms with Gasteiger partial charge in [-0.05, 0) is 35.9 Å². The molecule has 0 heterocycles. The monoisotopic (exact) mass is 294 g/mol. The van der Waals surface area contributed by atoms with Crippen LogP contribution in [0, 0.1) is 0 Å². The number of nitrogens with one attached hydrogen (secondary N) is 1. The molecule has 0 amide bonds. The molecule has 2 aromatic carbocycles. The average molecular weight is 295 g/mol. The van der Waals surface area contributed by atoms with Crippen molar-refractivity contribution in [3.05, 3.63) is 58.1 Å². The van der Waals surface area contributed by atoms with Crippen LogP contribution >= 0.6 is 23.2 Å². The van der Waals surface area contributed by atoms with Gasteiger partial charge in [0.25, 0.3) is 0 Å². The van der Waals surface area contributed by atoms with Crippen LogP contribution in [-0.4, -0.2) is 14.1 Å². The molecule has 0 saturated carbocycles. The van der Waals surface area contributed by atoms with Crippen molar-refractivity contribution >= 4 is 34.6 Å². The Balaban J connectivity index is 2.05. The van der Waals surface area contributed by atoms with Gasteiger partial charge < -0.3 is 10.2 Å².